The van der Waals surface area contributed by atoms with Crippen molar-refractivity contribution >= 4 is 42.9 Å². The SMILES string of the molecule is N#Cc1cc(Cl)c(S(=O)(=O)Cl)cc1CCl. The second kappa shape index (κ2) is 4.58. The smallest absolute Gasteiger partial charge is 0.207 e. The topological polar surface area (TPSA) is 57.9 Å². The molecule has 0 aliphatic carbocycles. The van der Waals surface area contributed by atoms with Gasteiger partial charge >= 0.3 is 0 Å². The fourth-order valence-corrected chi connectivity index (χ4v) is 2.76. The zero-order valence-electron chi connectivity index (χ0n) is 7.17. The predicted octanol–water partition coefficient (Wildman–Crippen LogP) is 2.88. The number of halogens is 3. The van der Waals surface area contributed by atoms with E-state index in [1.54, 1.807) is 0 Å². The van der Waals surface area contributed by atoms with Crippen molar-refractivity contribution in [2.75, 3.05) is 0 Å². The maximum Gasteiger partial charge on any atom is 0.262 e. The zero-order chi connectivity index (χ0) is 11.6. The Kier molecular flexibility index (Phi) is 3.85. The first-order valence-corrected chi connectivity index (χ1v) is 6.85. The van der Waals surface area contributed by atoms with Crippen molar-refractivity contribution in [2.24, 2.45) is 0 Å². The summed E-state index contributed by atoms with van der Waals surface area (Å²) in [6, 6.07) is 4.29. The van der Waals surface area contributed by atoms with Gasteiger partial charge in [0.15, 0.2) is 0 Å². The molecule has 0 aliphatic rings. The van der Waals surface area contributed by atoms with Crippen LogP contribution in [0, 0.1) is 11.3 Å². The van der Waals surface area contributed by atoms with Gasteiger partial charge in [0.2, 0.25) is 0 Å². The Labute approximate surface area is 102 Å². The van der Waals surface area contributed by atoms with Gasteiger partial charge in [-0.15, -0.1) is 11.6 Å². The minimum atomic E-state index is -3.92. The number of hydrogen-bond acceptors (Lipinski definition) is 3. The van der Waals surface area contributed by atoms with E-state index in [-0.39, 0.29) is 21.4 Å². The average molecular weight is 285 g/mol. The molecule has 0 aromatic heterocycles. The summed E-state index contributed by atoms with van der Waals surface area (Å²) in [5.74, 6) is 0.0134. The van der Waals surface area contributed by atoms with Crippen LogP contribution in [0.1, 0.15) is 11.1 Å². The number of nitrogens with zero attached hydrogens (tertiary/aromatic N) is 1. The monoisotopic (exact) mass is 283 g/mol. The van der Waals surface area contributed by atoms with Crippen molar-refractivity contribution in [1.29, 1.82) is 5.26 Å². The molecule has 3 nitrogen and oxygen atoms in total. The molecule has 1 aromatic rings. The van der Waals surface area contributed by atoms with Crippen molar-refractivity contribution in [3.8, 4) is 6.07 Å². The number of hydrogen-bond donors (Lipinski definition) is 0. The van der Waals surface area contributed by atoms with Gasteiger partial charge in [-0.3, -0.25) is 0 Å². The van der Waals surface area contributed by atoms with Crippen molar-refractivity contribution in [1.82, 2.24) is 0 Å². The molecular formula is C8H4Cl3NO2S. The highest BCUT2D eigenvalue weighted by atomic mass is 35.7. The van der Waals surface area contributed by atoms with Crippen LogP contribution in [0.3, 0.4) is 0 Å². The summed E-state index contributed by atoms with van der Waals surface area (Å²) in [7, 11) is 1.23. The molecule has 0 radical (unpaired) electrons. The van der Waals surface area contributed by atoms with Crippen LogP contribution in [-0.2, 0) is 14.9 Å². The summed E-state index contributed by atoms with van der Waals surface area (Å²) < 4.78 is 22.2. The Morgan fingerprint density at radius 3 is 2.40 bits per heavy atom. The molecule has 80 valence electrons. The van der Waals surface area contributed by atoms with Crippen molar-refractivity contribution in [3.63, 3.8) is 0 Å². The second-order valence-corrected chi connectivity index (χ2v) is 5.83. The summed E-state index contributed by atoms with van der Waals surface area (Å²) in [6.07, 6.45) is 0. The zero-order valence-corrected chi connectivity index (χ0v) is 10.3. The summed E-state index contributed by atoms with van der Waals surface area (Å²) in [6.45, 7) is 0. The van der Waals surface area contributed by atoms with Gasteiger partial charge in [0.05, 0.1) is 16.7 Å². The minimum absolute atomic E-state index is 0.0134. The fraction of sp³-hybridized carbons (Fsp3) is 0.125. The van der Waals surface area contributed by atoms with Crippen LogP contribution in [-0.4, -0.2) is 8.42 Å². The Hall–Kier alpha value is -0.470. The average Bonchev–Trinajstić information content (AvgIpc) is 2.15. The Balaban J connectivity index is 3.55. The highest BCUT2D eigenvalue weighted by molar-refractivity contribution is 8.13. The molecule has 1 rings (SSSR count). The highest BCUT2D eigenvalue weighted by Crippen LogP contribution is 2.28. The number of nitriles is 1. The van der Waals surface area contributed by atoms with Gasteiger partial charge in [0.1, 0.15) is 4.90 Å². The Bertz CT molecular complexity index is 534. The van der Waals surface area contributed by atoms with E-state index in [0.717, 1.165) is 0 Å². The van der Waals surface area contributed by atoms with Gasteiger partial charge < -0.3 is 0 Å². The third-order valence-electron chi connectivity index (χ3n) is 1.68. The third kappa shape index (κ3) is 2.76. The van der Waals surface area contributed by atoms with Gasteiger partial charge in [-0.05, 0) is 17.7 Å². The largest absolute Gasteiger partial charge is 0.262 e. The van der Waals surface area contributed by atoms with Crippen LogP contribution in [0.25, 0.3) is 0 Å². The molecule has 0 fully saturated rings. The standard InChI is InChI=1S/C8H4Cl3NO2S/c9-3-5-2-8(15(11,13)14)7(10)1-6(5)4-12/h1-2H,3H2. The molecule has 7 heteroatoms. The molecule has 0 heterocycles. The number of benzene rings is 1. The molecule has 0 bridgehead atoms. The van der Waals surface area contributed by atoms with Crippen LogP contribution < -0.4 is 0 Å². The first-order valence-electron chi connectivity index (χ1n) is 3.63. The highest BCUT2D eigenvalue weighted by Gasteiger charge is 2.17. The van der Waals surface area contributed by atoms with Crippen molar-refractivity contribution in [2.45, 2.75) is 10.8 Å². The molecular weight excluding hydrogens is 281 g/mol. The number of alkyl halides is 1. The number of rotatable bonds is 2. The van der Waals surface area contributed by atoms with Gasteiger partial charge in [-0.2, -0.15) is 5.26 Å². The maximum atomic E-state index is 11.1. The van der Waals surface area contributed by atoms with Crippen LogP contribution >= 0.6 is 33.9 Å². The summed E-state index contributed by atoms with van der Waals surface area (Å²) in [5, 5.41) is 8.63. The molecule has 0 aliphatic heterocycles. The third-order valence-corrected chi connectivity index (χ3v) is 3.76. The molecule has 0 spiro atoms. The Morgan fingerprint density at radius 1 is 1.40 bits per heavy atom. The van der Waals surface area contributed by atoms with E-state index in [9.17, 15) is 8.42 Å². The molecule has 0 atom stereocenters. The lowest BCUT2D eigenvalue weighted by Gasteiger charge is -2.04. The molecule has 0 unspecified atom stereocenters. The van der Waals surface area contributed by atoms with Crippen LogP contribution in [0.2, 0.25) is 5.02 Å². The van der Waals surface area contributed by atoms with E-state index in [1.807, 2.05) is 6.07 Å². The van der Waals surface area contributed by atoms with E-state index >= 15 is 0 Å². The Morgan fingerprint density at radius 2 is 2.00 bits per heavy atom. The lowest BCUT2D eigenvalue weighted by atomic mass is 10.1. The van der Waals surface area contributed by atoms with Gasteiger partial charge in [-0.1, -0.05) is 11.6 Å². The molecule has 0 amide bonds. The molecule has 15 heavy (non-hydrogen) atoms. The van der Waals surface area contributed by atoms with E-state index in [0.29, 0.717) is 5.56 Å². The first kappa shape index (κ1) is 12.6. The van der Waals surface area contributed by atoms with E-state index in [1.165, 1.54) is 12.1 Å². The van der Waals surface area contributed by atoms with Crippen LogP contribution in [0.5, 0.6) is 0 Å². The van der Waals surface area contributed by atoms with Gasteiger partial charge in [0, 0.05) is 16.6 Å². The second-order valence-electron chi connectivity index (χ2n) is 2.62. The predicted molar refractivity (Wildman–Crippen MR) is 58.8 cm³/mol. The van der Waals surface area contributed by atoms with Gasteiger partial charge in [-0.25, -0.2) is 8.42 Å². The quantitative estimate of drug-likeness (QED) is 0.620. The molecule has 0 N–H and O–H groups in total. The summed E-state index contributed by atoms with van der Waals surface area (Å²) in [4.78, 5) is -0.236. The fourth-order valence-electron chi connectivity index (χ4n) is 0.997. The summed E-state index contributed by atoms with van der Waals surface area (Å²) in [5.41, 5.74) is 0.613. The maximum absolute atomic E-state index is 11.1. The van der Waals surface area contributed by atoms with Gasteiger partial charge in [0.25, 0.3) is 9.05 Å². The van der Waals surface area contributed by atoms with E-state index in [4.69, 9.17) is 39.1 Å². The molecule has 0 saturated carbocycles. The molecule has 0 saturated heterocycles. The van der Waals surface area contributed by atoms with Crippen LogP contribution in [0.15, 0.2) is 17.0 Å². The minimum Gasteiger partial charge on any atom is -0.207 e. The normalized spacial score (nSPS) is 11.1. The summed E-state index contributed by atoms with van der Waals surface area (Å²) >= 11 is 11.2. The van der Waals surface area contributed by atoms with Crippen molar-refractivity contribution < 1.29 is 8.42 Å². The van der Waals surface area contributed by atoms with E-state index in [2.05, 4.69) is 0 Å². The van der Waals surface area contributed by atoms with Crippen molar-refractivity contribution in [3.05, 3.63) is 28.3 Å². The van der Waals surface area contributed by atoms with Crippen LogP contribution in [0.4, 0.5) is 0 Å². The molecule has 1 aromatic carbocycles. The lowest BCUT2D eigenvalue weighted by molar-refractivity contribution is 0.609. The first-order chi connectivity index (χ1) is 6.90. The van der Waals surface area contributed by atoms with E-state index < -0.39 is 9.05 Å². The lowest BCUT2D eigenvalue weighted by Crippen LogP contribution is -1.96.